The van der Waals surface area contributed by atoms with E-state index in [1.165, 1.54) is 0 Å². The Kier molecular flexibility index (Phi) is 1.64. The summed E-state index contributed by atoms with van der Waals surface area (Å²) < 4.78 is 0. The molecule has 1 aromatic heterocycles. The van der Waals surface area contributed by atoms with Gasteiger partial charge in [0.15, 0.2) is 0 Å². The molecule has 3 nitrogen and oxygen atoms in total. The van der Waals surface area contributed by atoms with Crippen LogP contribution in [0.25, 0.3) is 10.9 Å². The zero-order valence-corrected chi connectivity index (χ0v) is 7.39. The van der Waals surface area contributed by atoms with E-state index in [0.29, 0.717) is 21.8 Å². The summed E-state index contributed by atoms with van der Waals surface area (Å²) in [6, 6.07) is 7.39. The van der Waals surface area contributed by atoms with E-state index in [1.54, 1.807) is 6.07 Å². The quantitative estimate of drug-likeness (QED) is 0.671. The van der Waals surface area contributed by atoms with Gasteiger partial charge in [-0.1, -0.05) is 17.7 Å². The molecule has 0 fully saturated rings. The molecule has 0 aliphatic carbocycles. The summed E-state index contributed by atoms with van der Waals surface area (Å²) >= 11 is 5.93. The number of rotatable bonds is 0. The van der Waals surface area contributed by atoms with Gasteiger partial charge in [0.25, 0.3) is 0 Å². The minimum absolute atomic E-state index is 0.366. The van der Waals surface area contributed by atoms with Crippen LogP contribution in [-0.4, -0.2) is 4.98 Å². The number of halogens is 1. The van der Waals surface area contributed by atoms with E-state index in [4.69, 9.17) is 22.6 Å². The van der Waals surface area contributed by atoms with Crippen molar-refractivity contribution in [3.05, 3.63) is 28.8 Å². The third kappa shape index (κ3) is 1.04. The molecule has 64 valence electrons. The van der Waals surface area contributed by atoms with Gasteiger partial charge in [-0.25, -0.2) is 0 Å². The molecule has 4 heteroatoms. The lowest BCUT2D eigenvalue weighted by atomic mass is 10.2. The minimum atomic E-state index is 0.366. The van der Waals surface area contributed by atoms with Crippen LogP contribution in [0.2, 0.25) is 5.02 Å². The number of nitrogens with two attached hydrogens (primary N) is 1. The summed E-state index contributed by atoms with van der Waals surface area (Å²) in [6.07, 6.45) is 0. The summed E-state index contributed by atoms with van der Waals surface area (Å²) in [7, 11) is 0. The molecule has 3 N–H and O–H groups in total. The SMILES string of the molecule is N#Cc1c(N)[nH]c2cccc(Cl)c12. The second-order valence-corrected chi connectivity index (χ2v) is 3.10. The van der Waals surface area contributed by atoms with Crippen LogP contribution in [0, 0.1) is 11.3 Å². The van der Waals surface area contributed by atoms with Gasteiger partial charge < -0.3 is 10.7 Å². The lowest BCUT2D eigenvalue weighted by Crippen LogP contribution is -1.86. The predicted molar refractivity (Wildman–Crippen MR) is 52.4 cm³/mol. The minimum Gasteiger partial charge on any atom is -0.384 e. The summed E-state index contributed by atoms with van der Waals surface area (Å²) in [4.78, 5) is 2.89. The van der Waals surface area contributed by atoms with Gasteiger partial charge in [-0.15, -0.1) is 0 Å². The van der Waals surface area contributed by atoms with Crippen molar-refractivity contribution >= 4 is 28.3 Å². The molecule has 13 heavy (non-hydrogen) atoms. The van der Waals surface area contributed by atoms with Crippen molar-refractivity contribution in [3.8, 4) is 6.07 Å². The number of hydrogen-bond acceptors (Lipinski definition) is 2. The summed E-state index contributed by atoms with van der Waals surface area (Å²) in [6.45, 7) is 0. The maximum absolute atomic E-state index is 8.82. The Hall–Kier alpha value is -1.66. The van der Waals surface area contributed by atoms with E-state index in [1.807, 2.05) is 18.2 Å². The molecular weight excluding hydrogens is 186 g/mol. The van der Waals surface area contributed by atoms with Gasteiger partial charge >= 0.3 is 0 Å². The first-order valence-corrected chi connectivity index (χ1v) is 4.07. The average Bonchev–Trinajstić information content (AvgIpc) is 2.42. The number of nitrogen functional groups attached to an aromatic ring is 1. The smallest absolute Gasteiger partial charge is 0.120 e. The van der Waals surface area contributed by atoms with Crippen LogP contribution in [0.4, 0.5) is 5.82 Å². The highest BCUT2D eigenvalue weighted by atomic mass is 35.5. The molecule has 2 rings (SSSR count). The fourth-order valence-corrected chi connectivity index (χ4v) is 1.61. The van der Waals surface area contributed by atoms with Crippen molar-refractivity contribution in [2.75, 3.05) is 5.73 Å². The molecule has 0 aliphatic rings. The molecule has 0 aliphatic heterocycles. The number of aromatic amines is 1. The van der Waals surface area contributed by atoms with Gasteiger partial charge in [0.1, 0.15) is 17.5 Å². The Bertz CT molecular complexity index is 507. The van der Waals surface area contributed by atoms with Gasteiger partial charge in [-0.2, -0.15) is 5.26 Å². The standard InChI is InChI=1S/C9H6ClN3/c10-6-2-1-3-7-8(6)5(4-11)9(12)13-7/h1-3,13H,12H2. The molecule has 2 aromatic rings. The van der Waals surface area contributed by atoms with Crippen molar-refractivity contribution in [2.45, 2.75) is 0 Å². The second kappa shape index (κ2) is 2.68. The first-order valence-electron chi connectivity index (χ1n) is 3.70. The van der Waals surface area contributed by atoms with E-state index in [2.05, 4.69) is 4.98 Å². The Balaban J connectivity index is 2.99. The second-order valence-electron chi connectivity index (χ2n) is 2.69. The molecule has 1 heterocycles. The van der Waals surface area contributed by atoms with Crippen molar-refractivity contribution in [3.63, 3.8) is 0 Å². The summed E-state index contributed by atoms with van der Waals surface area (Å²) in [5.41, 5.74) is 6.81. The maximum atomic E-state index is 8.82. The molecule has 0 radical (unpaired) electrons. The van der Waals surface area contributed by atoms with Crippen LogP contribution in [0.3, 0.4) is 0 Å². The average molecular weight is 192 g/mol. The highest BCUT2D eigenvalue weighted by Crippen LogP contribution is 2.29. The molecule has 0 atom stereocenters. The van der Waals surface area contributed by atoms with Crippen LogP contribution >= 0.6 is 11.6 Å². The van der Waals surface area contributed by atoms with Crippen LogP contribution < -0.4 is 5.73 Å². The lowest BCUT2D eigenvalue weighted by Gasteiger charge is -1.91. The van der Waals surface area contributed by atoms with Crippen LogP contribution in [0.15, 0.2) is 18.2 Å². The number of nitrogens with zero attached hydrogens (tertiary/aromatic N) is 1. The highest BCUT2D eigenvalue weighted by molar-refractivity contribution is 6.36. The summed E-state index contributed by atoms with van der Waals surface area (Å²) in [5.74, 6) is 0.366. The number of benzene rings is 1. The molecule has 0 spiro atoms. The van der Waals surface area contributed by atoms with Crippen molar-refractivity contribution in [2.24, 2.45) is 0 Å². The van der Waals surface area contributed by atoms with Crippen molar-refractivity contribution < 1.29 is 0 Å². The number of fused-ring (bicyclic) bond motifs is 1. The first-order chi connectivity index (χ1) is 6.24. The molecule has 1 aromatic carbocycles. The third-order valence-electron chi connectivity index (χ3n) is 1.91. The van der Waals surface area contributed by atoms with E-state index >= 15 is 0 Å². The number of anilines is 1. The van der Waals surface area contributed by atoms with Crippen LogP contribution in [-0.2, 0) is 0 Å². The molecular formula is C9H6ClN3. The molecule has 0 bridgehead atoms. The van der Waals surface area contributed by atoms with Gasteiger partial charge in [0, 0.05) is 10.9 Å². The number of H-pyrrole nitrogens is 1. The largest absolute Gasteiger partial charge is 0.384 e. The maximum Gasteiger partial charge on any atom is 0.120 e. The van der Waals surface area contributed by atoms with Gasteiger partial charge in [0.2, 0.25) is 0 Å². The van der Waals surface area contributed by atoms with E-state index in [0.717, 1.165) is 5.52 Å². The Morgan fingerprint density at radius 3 is 2.92 bits per heavy atom. The van der Waals surface area contributed by atoms with Crippen molar-refractivity contribution in [1.29, 1.82) is 5.26 Å². The Labute approximate surface area is 79.7 Å². The van der Waals surface area contributed by atoms with E-state index < -0.39 is 0 Å². The molecule has 0 amide bonds. The molecule has 0 saturated heterocycles. The third-order valence-corrected chi connectivity index (χ3v) is 2.23. The van der Waals surface area contributed by atoms with Crippen LogP contribution in [0.1, 0.15) is 5.56 Å². The molecule has 0 saturated carbocycles. The van der Waals surface area contributed by atoms with E-state index in [-0.39, 0.29) is 0 Å². The number of nitriles is 1. The Morgan fingerprint density at radius 1 is 1.46 bits per heavy atom. The fraction of sp³-hybridized carbons (Fsp3) is 0. The lowest BCUT2D eigenvalue weighted by molar-refractivity contribution is 1.45. The van der Waals surface area contributed by atoms with Gasteiger partial charge in [-0.3, -0.25) is 0 Å². The molecule has 0 unspecified atom stereocenters. The van der Waals surface area contributed by atoms with Crippen LogP contribution in [0.5, 0.6) is 0 Å². The highest BCUT2D eigenvalue weighted by Gasteiger charge is 2.10. The monoisotopic (exact) mass is 191 g/mol. The number of hydrogen-bond donors (Lipinski definition) is 2. The Morgan fingerprint density at radius 2 is 2.23 bits per heavy atom. The van der Waals surface area contributed by atoms with Gasteiger partial charge in [0.05, 0.1) is 5.02 Å². The topological polar surface area (TPSA) is 65.6 Å². The normalized spacial score (nSPS) is 10.2. The predicted octanol–water partition coefficient (Wildman–Crippen LogP) is 2.28. The fourth-order valence-electron chi connectivity index (χ4n) is 1.34. The zero-order valence-electron chi connectivity index (χ0n) is 6.63. The number of aromatic nitrogens is 1. The summed E-state index contributed by atoms with van der Waals surface area (Å²) in [5, 5.41) is 10.1. The number of nitrogens with one attached hydrogen (secondary N) is 1. The zero-order chi connectivity index (χ0) is 9.42. The van der Waals surface area contributed by atoms with Gasteiger partial charge in [-0.05, 0) is 12.1 Å². The van der Waals surface area contributed by atoms with E-state index in [9.17, 15) is 0 Å². The van der Waals surface area contributed by atoms with Crippen molar-refractivity contribution in [1.82, 2.24) is 4.98 Å². The first kappa shape index (κ1) is 7.96.